The summed E-state index contributed by atoms with van der Waals surface area (Å²) in [6, 6.07) is 12.8. The molecule has 0 bridgehead atoms. The standard InChI is InChI=1S/C20H16N2O8S2.Na.H/c23-19-7-5-15(31(25,26)27)9-13(19)11-21-17-3-1-2-4-18(17)22-12-14-10-16(32(28,29)30)6-8-20(14)24;;/h1-12,23-24H,(H,25,26,27)(H,28,29,30);;. The summed E-state index contributed by atoms with van der Waals surface area (Å²) >= 11 is 0. The summed E-state index contributed by atoms with van der Waals surface area (Å²) in [5.74, 6) is -0.539. The van der Waals surface area contributed by atoms with Gasteiger partial charge in [-0.15, -0.1) is 0 Å². The Bertz CT molecular complexity index is 1340. The Labute approximate surface area is 211 Å². The van der Waals surface area contributed by atoms with Gasteiger partial charge in [-0.2, -0.15) is 16.8 Å². The number of hydrogen-bond acceptors (Lipinski definition) is 8. The van der Waals surface area contributed by atoms with E-state index in [1.807, 2.05) is 0 Å². The molecule has 0 spiro atoms. The van der Waals surface area contributed by atoms with Crippen LogP contribution in [-0.2, 0) is 20.2 Å². The van der Waals surface area contributed by atoms with Gasteiger partial charge in [0.2, 0.25) is 0 Å². The van der Waals surface area contributed by atoms with Crippen LogP contribution in [0.2, 0.25) is 0 Å². The van der Waals surface area contributed by atoms with Gasteiger partial charge in [-0.25, -0.2) is 0 Å². The number of nitrogens with zero attached hydrogens (tertiary/aromatic N) is 2. The van der Waals surface area contributed by atoms with Gasteiger partial charge in [-0.05, 0) is 48.5 Å². The average molecular weight is 500 g/mol. The molecule has 0 atom stereocenters. The Morgan fingerprint density at radius 2 is 1.00 bits per heavy atom. The van der Waals surface area contributed by atoms with Gasteiger partial charge in [0.25, 0.3) is 20.2 Å². The van der Waals surface area contributed by atoms with Gasteiger partial charge in [-0.3, -0.25) is 19.1 Å². The zero-order valence-corrected chi connectivity index (χ0v) is 17.7. The predicted molar refractivity (Wildman–Crippen MR) is 124 cm³/mol. The Balaban J connectivity index is 0.00000385. The second-order valence-corrected chi connectivity index (χ2v) is 9.24. The molecule has 3 rings (SSSR count). The minimum atomic E-state index is -4.47. The van der Waals surface area contributed by atoms with Gasteiger partial charge >= 0.3 is 29.6 Å². The average Bonchev–Trinajstić information content (AvgIpc) is 2.71. The normalized spacial score (nSPS) is 12.2. The third-order valence-corrected chi connectivity index (χ3v) is 5.86. The van der Waals surface area contributed by atoms with Crippen LogP contribution in [0.1, 0.15) is 11.1 Å². The molecule has 0 heterocycles. The number of phenolic OH excluding ortho intramolecular Hbond substituents is 2. The number of aromatic hydroxyl groups is 2. The van der Waals surface area contributed by atoms with E-state index in [0.717, 1.165) is 36.4 Å². The van der Waals surface area contributed by atoms with Gasteiger partial charge in [0.1, 0.15) is 11.5 Å². The number of hydrogen-bond donors (Lipinski definition) is 4. The molecular formula is C20H17N2NaO8S2. The third-order valence-electron chi connectivity index (χ3n) is 4.16. The molecule has 0 fully saturated rings. The zero-order chi connectivity index (χ0) is 23.5. The summed E-state index contributed by atoms with van der Waals surface area (Å²) in [5.41, 5.74) is 0.645. The maximum atomic E-state index is 11.3. The fourth-order valence-electron chi connectivity index (χ4n) is 2.55. The van der Waals surface area contributed by atoms with Crippen molar-refractivity contribution < 1.29 is 36.2 Å². The molecular weight excluding hydrogens is 483 g/mol. The van der Waals surface area contributed by atoms with Crippen molar-refractivity contribution in [3.63, 3.8) is 0 Å². The Morgan fingerprint density at radius 3 is 1.33 bits per heavy atom. The van der Waals surface area contributed by atoms with Crippen LogP contribution in [0, 0.1) is 0 Å². The summed E-state index contributed by atoms with van der Waals surface area (Å²) in [7, 11) is -8.94. The van der Waals surface area contributed by atoms with Crippen LogP contribution >= 0.6 is 0 Å². The Hall–Kier alpha value is -2.58. The molecule has 3 aromatic carbocycles. The van der Waals surface area contributed by atoms with Crippen molar-refractivity contribution in [2.45, 2.75) is 9.79 Å². The fourth-order valence-corrected chi connectivity index (χ4v) is 3.59. The molecule has 13 heteroatoms. The number of aliphatic imine (C=N–C) groups is 2. The molecule has 0 aliphatic rings. The van der Waals surface area contributed by atoms with E-state index in [-0.39, 0.29) is 52.2 Å². The summed E-state index contributed by atoms with van der Waals surface area (Å²) in [6.07, 6.45) is 2.35. The van der Waals surface area contributed by atoms with Crippen molar-refractivity contribution in [3.8, 4) is 11.5 Å². The molecule has 0 saturated heterocycles. The van der Waals surface area contributed by atoms with Crippen LogP contribution in [-0.4, -0.2) is 78.1 Å². The number of phenols is 2. The molecule has 168 valence electrons. The van der Waals surface area contributed by atoms with E-state index in [1.54, 1.807) is 24.3 Å². The molecule has 4 N–H and O–H groups in total. The summed E-state index contributed by atoms with van der Waals surface area (Å²) in [4.78, 5) is 7.52. The van der Waals surface area contributed by atoms with Gasteiger partial charge < -0.3 is 10.2 Å². The van der Waals surface area contributed by atoms with E-state index >= 15 is 0 Å². The van der Waals surface area contributed by atoms with Gasteiger partial charge in [0, 0.05) is 23.6 Å². The first-order valence-corrected chi connectivity index (χ1v) is 11.6. The maximum absolute atomic E-state index is 11.3. The third kappa shape index (κ3) is 6.95. The van der Waals surface area contributed by atoms with E-state index in [1.165, 1.54) is 12.4 Å². The minimum absolute atomic E-state index is 0. The molecule has 0 aliphatic heterocycles. The van der Waals surface area contributed by atoms with Crippen molar-refractivity contribution in [1.29, 1.82) is 0 Å². The molecule has 0 aliphatic carbocycles. The molecule has 10 nitrogen and oxygen atoms in total. The summed E-state index contributed by atoms with van der Waals surface area (Å²) in [6.45, 7) is 0. The Morgan fingerprint density at radius 1 is 0.636 bits per heavy atom. The van der Waals surface area contributed by atoms with E-state index < -0.39 is 30.0 Å². The number of para-hydroxylation sites is 2. The van der Waals surface area contributed by atoms with Gasteiger partial charge in [0.05, 0.1) is 21.2 Å². The molecule has 33 heavy (non-hydrogen) atoms. The first-order valence-electron chi connectivity index (χ1n) is 8.73. The molecule has 0 aromatic heterocycles. The monoisotopic (exact) mass is 500 g/mol. The van der Waals surface area contributed by atoms with Crippen LogP contribution in [0.15, 0.2) is 80.4 Å². The van der Waals surface area contributed by atoms with Crippen molar-refractivity contribution in [1.82, 2.24) is 0 Å². The van der Waals surface area contributed by atoms with E-state index in [4.69, 9.17) is 9.11 Å². The predicted octanol–water partition coefficient (Wildman–Crippen LogP) is 2.44. The van der Waals surface area contributed by atoms with Crippen LogP contribution in [0.4, 0.5) is 11.4 Å². The van der Waals surface area contributed by atoms with E-state index in [9.17, 15) is 27.0 Å². The quantitative estimate of drug-likeness (QED) is 0.227. The second-order valence-electron chi connectivity index (χ2n) is 6.40. The summed E-state index contributed by atoms with van der Waals surface area (Å²) in [5, 5.41) is 19.9. The van der Waals surface area contributed by atoms with Crippen molar-refractivity contribution >= 4 is 73.6 Å². The van der Waals surface area contributed by atoms with Gasteiger partial charge in [0.15, 0.2) is 0 Å². The molecule has 0 saturated carbocycles. The van der Waals surface area contributed by atoms with E-state index in [0.29, 0.717) is 11.4 Å². The van der Waals surface area contributed by atoms with Crippen LogP contribution in [0.25, 0.3) is 0 Å². The van der Waals surface area contributed by atoms with Crippen molar-refractivity contribution in [2.75, 3.05) is 0 Å². The summed E-state index contributed by atoms with van der Waals surface area (Å²) < 4.78 is 63.5. The zero-order valence-electron chi connectivity index (χ0n) is 16.1. The van der Waals surface area contributed by atoms with Crippen LogP contribution < -0.4 is 0 Å². The molecule has 3 aromatic rings. The molecule has 0 unspecified atom stereocenters. The van der Waals surface area contributed by atoms with Crippen LogP contribution in [0.5, 0.6) is 11.5 Å². The Kier molecular flexibility index (Phi) is 8.54. The first kappa shape index (κ1) is 26.7. The number of benzene rings is 3. The topological polar surface area (TPSA) is 174 Å². The first-order chi connectivity index (χ1) is 14.9. The van der Waals surface area contributed by atoms with E-state index in [2.05, 4.69) is 9.98 Å². The second kappa shape index (κ2) is 10.6. The van der Waals surface area contributed by atoms with Crippen molar-refractivity contribution in [2.24, 2.45) is 9.98 Å². The van der Waals surface area contributed by atoms with Crippen LogP contribution in [0.3, 0.4) is 0 Å². The SMILES string of the molecule is O=S(=O)(O)c1ccc(O)c(C=Nc2ccccc2N=Cc2cc(S(=O)(=O)O)ccc2O)c1.[NaH]. The molecule has 0 amide bonds. The fraction of sp³-hybridized carbons (Fsp3) is 0. The molecule has 0 radical (unpaired) electrons. The van der Waals surface area contributed by atoms with Crippen molar-refractivity contribution in [3.05, 3.63) is 71.8 Å². The number of rotatable bonds is 6. The van der Waals surface area contributed by atoms with Gasteiger partial charge in [-0.1, -0.05) is 12.1 Å².